The van der Waals surface area contributed by atoms with Crippen molar-refractivity contribution in [2.75, 3.05) is 16.8 Å². The monoisotopic (exact) mass is 242 g/mol. The van der Waals surface area contributed by atoms with E-state index in [2.05, 4.69) is 36.7 Å². The van der Waals surface area contributed by atoms with Crippen molar-refractivity contribution >= 4 is 17.2 Å². The van der Waals surface area contributed by atoms with E-state index in [0.717, 1.165) is 22.9 Å². The molecule has 1 atom stereocenters. The van der Waals surface area contributed by atoms with Crippen LogP contribution in [0.25, 0.3) is 0 Å². The van der Waals surface area contributed by atoms with Gasteiger partial charge >= 0.3 is 0 Å². The quantitative estimate of drug-likeness (QED) is 0.755. The fraction of sp³-hybridized carbons (Fsp3) is 0.333. The molecule has 2 aromatic heterocycles. The number of rotatable bonds is 1. The van der Waals surface area contributed by atoms with Crippen molar-refractivity contribution in [1.82, 2.24) is 19.9 Å². The van der Waals surface area contributed by atoms with Gasteiger partial charge in [0, 0.05) is 7.05 Å². The summed E-state index contributed by atoms with van der Waals surface area (Å²) in [6.07, 6.45) is 6.95. The predicted octanol–water partition coefficient (Wildman–Crippen LogP) is 1.51. The third kappa shape index (κ3) is 1.42. The number of nitrogens with zero attached hydrogens (tertiary/aromatic N) is 6. The van der Waals surface area contributed by atoms with E-state index in [4.69, 9.17) is 0 Å². The van der Waals surface area contributed by atoms with Crippen molar-refractivity contribution in [3.63, 3.8) is 0 Å². The Morgan fingerprint density at radius 1 is 1.06 bits per heavy atom. The van der Waals surface area contributed by atoms with Crippen molar-refractivity contribution in [2.24, 2.45) is 0 Å². The van der Waals surface area contributed by atoms with Gasteiger partial charge in [0.2, 0.25) is 0 Å². The molecule has 0 saturated heterocycles. The van der Waals surface area contributed by atoms with Gasteiger partial charge in [0.15, 0.2) is 5.82 Å². The van der Waals surface area contributed by atoms with Crippen LogP contribution in [0.4, 0.5) is 17.2 Å². The fourth-order valence-corrected chi connectivity index (χ4v) is 2.26. The minimum absolute atomic E-state index is 0.168. The Morgan fingerprint density at radius 3 is 2.44 bits per heavy atom. The van der Waals surface area contributed by atoms with E-state index in [1.54, 1.807) is 12.7 Å². The highest BCUT2D eigenvalue weighted by Gasteiger charge is 2.33. The van der Waals surface area contributed by atoms with Crippen molar-refractivity contribution in [1.29, 1.82) is 0 Å². The Hall–Kier alpha value is -2.24. The summed E-state index contributed by atoms with van der Waals surface area (Å²) in [6, 6.07) is 0. The second-order valence-corrected chi connectivity index (χ2v) is 4.34. The minimum Gasteiger partial charge on any atom is -0.337 e. The summed E-state index contributed by atoms with van der Waals surface area (Å²) >= 11 is 0. The Bertz CT molecular complexity index is 584. The highest BCUT2D eigenvalue weighted by Crippen LogP contribution is 2.41. The molecule has 0 aliphatic carbocycles. The maximum atomic E-state index is 4.33. The molecule has 0 aromatic carbocycles. The van der Waals surface area contributed by atoms with Gasteiger partial charge in [-0.25, -0.2) is 19.9 Å². The van der Waals surface area contributed by atoms with Crippen LogP contribution in [0.15, 0.2) is 25.0 Å². The first-order chi connectivity index (χ1) is 8.70. The third-order valence-corrected chi connectivity index (χ3v) is 3.35. The van der Waals surface area contributed by atoms with E-state index in [-0.39, 0.29) is 6.17 Å². The van der Waals surface area contributed by atoms with Crippen LogP contribution in [0.2, 0.25) is 0 Å². The van der Waals surface area contributed by atoms with E-state index < -0.39 is 0 Å². The van der Waals surface area contributed by atoms with Gasteiger partial charge in [-0.05, 0) is 13.8 Å². The summed E-state index contributed by atoms with van der Waals surface area (Å²) in [5.74, 6) is 0.931. The van der Waals surface area contributed by atoms with Gasteiger partial charge < -0.3 is 9.80 Å². The summed E-state index contributed by atoms with van der Waals surface area (Å²) in [6.45, 7) is 4.10. The molecule has 1 aliphatic heterocycles. The first kappa shape index (κ1) is 10.9. The molecule has 1 unspecified atom stereocenters. The maximum absolute atomic E-state index is 4.33. The molecule has 0 N–H and O–H groups in total. The number of hydrogen-bond donors (Lipinski definition) is 0. The van der Waals surface area contributed by atoms with Gasteiger partial charge in [-0.15, -0.1) is 0 Å². The standard InChI is InChI=1S/C12H14N6/c1-8-10(4-13-6-15-8)18-9(2)17(3)12-11(18)5-14-7-16-12/h4-7,9H,1-3H3. The van der Waals surface area contributed by atoms with Gasteiger partial charge in [0.1, 0.15) is 24.5 Å². The Morgan fingerprint density at radius 2 is 1.72 bits per heavy atom. The number of anilines is 3. The van der Waals surface area contributed by atoms with Crippen LogP contribution in [-0.4, -0.2) is 33.1 Å². The average molecular weight is 242 g/mol. The molecular weight excluding hydrogens is 228 g/mol. The zero-order valence-electron chi connectivity index (χ0n) is 10.6. The molecule has 6 nitrogen and oxygen atoms in total. The van der Waals surface area contributed by atoms with E-state index in [9.17, 15) is 0 Å². The summed E-state index contributed by atoms with van der Waals surface area (Å²) in [7, 11) is 2.02. The minimum atomic E-state index is 0.168. The highest BCUT2D eigenvalue weighted by atomic mass is 15.4. The maximum Gasteiger partial charge on any atom is 0.157 e. The zero-order chi connectivity index (χ0) is 12.7. The zero-order valence-corrected chi connectivity index (χ0v) is 10.6. The van der Waals surface area contributed by atoms with E-state index in [1.165, 1.54) is 0 Å². The molecular formula is C12H14N6. The van der Waals surface area contributed by atoms with Crippen molar-refractivity contribution in [2.45, 2.75) is 20.0 Å². The largest absolute Gasteiger partial charge is 0.337 e. The molecule has 0 amide bonds. The first-order valence-electron chi connectivity index (χ1n) is 5.79. The summed E-state index contributed by atoms with van der Waals surface area (Å²) in [5.41, 5.74) is 2.93. The van der Waals surface area contributed by atoms with Crippen LogP contribution < -0.4 is 9.80 Å². The summed E-state index contributed by atoms with van der Waals surface area (Å²) in [4.78, 5) is 21.1. The Balaban J connectivity index is 2.16. The van der Waals surface area contributed by atoms with E-state index in [1.807, 2.05) is 26.4 Å². The van der Waals surface area contributed by atoms with Crippen LogP contribution in [0.5, 0.6) is 0 Å². The van der Waals surface area contributed by atoms with E-state index in [0.29, 0.717) is 0 Å². The topological polar surface area (TPSA) is 58.0 Å². The van der Waals surface area contributed by atoms with Gasteiger partial charge in [0.25, 0.3) is 0 Å². The second-order valence-electron chi connectivity index (χ2n) is 4.34. The van der Waals surface area contributed by atoms with Gasteiger partial charge in [-0.1, -0.05) is 0 Å². The molecule has 1 aliphatic rings. The van der Waals surface area contributed by atoms with Gasteiger partial charge in [-0.3, -0.25) is 0 Å². The molecule has 3 rings (SSSR count). The lowest BCUT2D eigenvalue weighted by Crippen LogP contribution is -2.36. The fourth-order valence-electron chi connectivity index (χ4n) is 2.26. The highest BCUT2D eigenvalue weighted by molar-refractivity contribution is 5.80. The number of aromatic nitrogens is 4. The molecule has 92 valence electrons. The number of hydrogen-bond acceptors (Lipinski definition) is 6. The Labute approximate surface area is 105 Å². The normalized spacial score (nSPS) is 18.1. The Kier molecular flexibility index (Phi) is 2.36. The van der Waals surface area contributed by atoms with E-state index >= 15 is 0 Å². The lowest BCUT2D eigenvalue weighted by Gasteiger charge is -2.27. The van der Waals surface area contributed by atoms with Crippen molar-refractivity contribution in [3.8, 4) is 0 Å². The number of aryl methyl sites for hydroxylation is 1. The van der Waals surface area contributed by atoms with Crippen LogP contribution >= 0.6 is 0 Å². The van der Waals surface area contributed by atoms with Gasteiger partial charge in [-0.2, -0.15) is 0 Å². The lowest BCUT2D eigenvalue weighted by molar-refractivity contribution is 0.725. The van der Waals surface area contributed by atoms with Crippen molar-refractivity contribution < 1.29 is 0 Å². The smallest absolute Gasteiger partial charge is 0.157 e. The molecule has 0 bridgehead atoms. The lowest BCUT2D eigenvalue weighted by atomic mass is 10.3. The van der Waals surface area contributed by atoms with Crippen LogP contribution in [-0.2, 0) is 0 Å². The van der Waals surface area contributed by atoms with Crippen LogP contribution in [0, 0.1) is 6.92 Å². The molecule has 0 fully saturated rings. The molecule has 0 radical (unpaired) electrons. The van der Waals surface area contributed by atoms with Gasteiger partial charge in [0.05, 0.1) is 23.8 Å². The molecule has 6 heteroatoms. The van der Waals surface area contributed by atoms with Crippen molar-refractivity contribution in [3.05, 3.63) is 30.7 Å². The molecule has 2 aromatic rings. The summed E-state index contributed by atoms with van der Waals surface area (Å²) in [5, 5.41) is 0. The molecule has 18 heavy (non-hydrogen) atoms. The second kappa shape index (κ2) is 3.90. The molecule has 0 spiro atoms. The SMILES string of the molecule is Cc1ncncc1N1c2cncnc2N(C)C1C. The van der Waals surface area contributed by atoms with Crippen LogP contribution in [0.1, 0.15) is 12.6 Å². The van der Waals surface area contributed by atoms with Crippen LogP contribution in [0.3, 0.4) is 0 Å². The molecule has 0 saturated carbocycles. The number of fused-ring (bicyclic) bond motifs is 1. The first-order valence-corrected chi connectivity index (χ1v) is 5.79. The average Bonchev–Trinajstić information content (AvgIpc) is 2.64. The molecule has 3 heterocycles. The third-order valence-electron chi connectivity index (χ3n) is 3.35. The predicted molar refractivity (Wildman–Crippen MR) is 68.8 cm³/mol. The summed E-state index contributed by atoms with van der Waals surface area (Å²) < 4.78 is 0.